The fraction of sp³-hybridized carbons (Fsp3) is 0.179. The summed E-state index contributed by atoms with van der Waals surface area (Å²) in [6, 6.07) is 18.0. The third kappa shape index (κ3) is 5.30. The number of nitrogens with one attached hydrogen (secondary N) is 1. The summed E-state index contributed by atoms with van der Waals surface area (Å²) < 4.78 is 30.6. The first-order valence-corrected chi connectivity index (χ1v) is 10.8. The number of carbonyl (C=O) groups is 2. The highest BCUT2D eigenvalue weighted by Gasteiger charge is 2.19. The van der Waals surface area contributed by atoms with E-state index in [4.69, 9.17) is 14.6 Å². The quantitative estimate of drug-likeness (QED) is 0.386. The maximum Gasteiger partial charge on any atom is 0.338 e. The molecule has 0 aliphatic carbocycles. The number of carbonyl (C=O) groups excluding carboxylic acids is 2. The SMILES string of the molecule is [2H]C([2H])(OC(=O)c1ccc(C)cc1C)c1ccc(C([2H])(CN)C(=O)Nc2ccc3cnccc3c2)cc1. The molecule has 0 aliphatic heterocycles. The van der Waals surface area contributed by atoms with Crippen LogP contribution < -0.4 is 11.1 Å². The summed E-state index contributed by atoms with van der Waals surface area (Å²) in [4.78, 5) is 29.8. The van der Waals surface area contributed by atoms with E-state index in [1.54, 1.807) is 43.6 Å². The zero-order valence-electron chi connectivity index (χ0n) is 22.0. The molecule has 6 heteroatoms. The second-order valence-electron chi connectivity index (χ2n) is 7.96. The van der Waals surface area contributed by atoms with Gasteiger partial charge in [-0.3, -0.25) is 9.78 Å². The third-order valence-corrected chi connectivity index (χ3v) is 5.47. The van der Waals surface area contributed by atoms with Crippen molar-refractivity contribution in [3.8, 4) is 0 Å². The second-order valence-corrected chi connectivity index (χ2v) is 7.96. The number of aromatic nitrogens is 1. The van der Waals surface area contributed by atoms with Crippen LogP contribution in [-0.2, 0) is 16.1 Å². The van der Waals surface area contributed by atoms with E-state index in [-0.39, 0.29) is 23.2 Å². The number of benzene rings is 3. The zero-order valence-corrected chi connectivity index (χ0v) is 19.0. The molecule has 1 aromatic heterocycles. The summed E-state index contributed by atoms with van der Waals surface area (Å²) in [6.45, 7) is 0.929. The molecule has 3 N–H and O–H groups in total. The van der Waals surface area contributed by atoms with Crippen molar-refractivity contribution in [3.63, 3.8) is 0 Å². The van der Waals surface area contributed by atoms with Crippen LogP contribution in [0.5, 0.6) is 0 Å². The molecule has 0 spiro atoms. The van der Waals surface area contributed by atoms with Crippen molar-refractivity contribution in [1.29, 1.82) is 0 Å². The lowest BCUT2D eigenvalue weighted by molar-refractivity contribution is -0.117. The van der Waals surface area contributed by atoms with Gasteiger partial charge in [-0.05, 0) is 60.2 Å². The predicted molar refractivity (Wildman–Crippen MR) is 134 cm³/mol. The van der Waals surface area contributed by atoms with Gasteiger partial charge in [-0.2, -0.15) is 0 Å². The van der Waals surface area contributed by atoms with Crippen molar-refractivity contribution in [2.24, 2.45) is 5.73 Å². The Hall–Kier alpha value is -4.03. The summed E-state index contributed by atoms with van der Waals surface area (Å²) >= 11 is 0. The van der Waals surface area contributed by atoms with E-state index in [2.05, 4.69) is 10.3 Å². The Balaban J connectivity index is 1.52. The van der Waals surface area contributed by atoms with Gasteiger partial charge in [0.2, 0.25) is 5.91 Å². The summed E-state index contributed by atoms with van der Waals surface area (Å²) in [5.41, 5.74) is 8.67. The van der Waals surface area contributed by atoms with Gasteiger partial charge in [0, 0.05) is 31.4 Å². The summed E-state index contributed by atoms with van der Waals surface area (Å²) in [7, 11) is 0. The number of rotatable bonds is 7. The number of ether oxygens (including phenoxy) is 1. The van der Waals surface area contributed by atoms with Crippen LogP contribution in [0.2, 0.25) is 0 Å². The van der Waals surface area contributed by atoms with Crippen LogP contribution in [0.1, 0.15) is 42.6 Å². The Morgan fingerprint density at radius 2 is 1.85 bits per heavy atom. The zero-order chi connectivity index (χ0) is 26.8. The van der Waals surface area contributed by atoms with Gasteiger partial charge in [0.25, 0.3) is 0 Å². The van der Waals surface area contributed by atoms with E-state index in [0.717, 1.165) is 16.3 Å². The van der Waals surface area contributed by atoms with Crippen molar-refractivity contribution in [2.75, 3.05) is 11.9 Å². The summed E-state index contributed by atoms with van der Waals surface area (Å²) in [5.74, 6) is -3.23. The van der Waals surface area contributed by atoms with Gasteiger partial charge < -0.3 is 15.8 Å². The monoisotopic (exact) mass is 456 g/mol. The molecule has 1 heterocycles. The number of anilines is 1. The van der Waals surface area contributed by atoms with Gasteiger partial charge in [0.05, 0.1) is 14.2 Å². The minimum atomic E-state index is -2.43. The topological polar surface area (TPSA) is 94.3 Å². The molecule has 0 bridgehead atoms. The molecule has 6 nitrogen and oxygen atoms in total. The van der Waals surface area contributed by atoms with Gasteiger partial charge in [0.1, 0.15) is 6.56 Å². The van der Waals surface area contributed by atoms with E-state index < -0.39 is 24.3 Å². The Labute approximate surface area is 203 Å². The van der Waals surface area contributed by atoms with Crippen LogP contribution in [0, 0.1) is 13.8 Å². The Bertz CT molecular complexity index is 1470. The number of esters is 1. The van der Waals surface area contributed by atoms with E-state index in [1.165, 1.54) is 24.3 Å². The molecule has 4 rings (SSSR count). The summed E-state index contributed by atoms with van der Waals surface area (Å²) in [5, 5.41) is 4.56. The first-order valence-electron chi connectivity index (χ1n) is 12.3. The normalized spacial score (nSPS) is 14.4. The van der Waals surface area contributed by atoms with Gasteiger partial charge in [-0.15, -0.1) is 0 Å². The first-order chi connectivity index (χ1) is 17.5. The number of hydrogen-bond donors (Lipinski definition) is 2. The molecule has 0 saturated carbocycles. The lowest BCUT2D eigenvalue weighted by Gasteiger charge is -2.16. The molecule has 34 heavy (non-hydrogen) atoms. The standard InChI is InChI=1S/C28H27N3O3/c1-18-3-10-25(19(2)13-18)28(33)34-17-20-4-6-21(7-5-20)26(15-29)27(32)31-24-9-8-23-16-30-12-11-22(23)14-24/h3-14,16,26H,15,17,29H2,1-2H3,(H,31,32)/i17D2,26D. The number of aryl methyl sites for hydroxylation is 2. The maximum atomic E-state index is 13.1. The maximum absolute atomic E-state index is 13.1. The van der Waals surface area contributed by atoms with Gasteiger partial charge in [-0.1, -0.05) is 48.0 Å². The number of hydrogen-bond acceptors (Lipinski definition) is 5. The molecular weight excluding hydrogens is 426 g/mol. The molecule has 0 saturated heterocycles. The molecule has 0 fully saturated rings. The largest absolute Gasteiger partial charge is 0.457 e. The number of nitrogens with zero attached hydrogens (tertiary/aromatic N) is 1. The minimum Gasteiger partial charge on any atom is -0.457 e. The third-order valence-electron chi connectivity index (χ3n) is 5.47. The molecule has 1 unspecified atom stereocenters. The molecule has 4 aromatic rings. The van der Waals surface area contributed by atoms with Crippen LogP contribution in [0.25, 0.3) is 10.8 Å². The van der Waals surface area contributed by atoms with Crippen LogP contribution in [0.4, 0.5) is 5.69 Å². The lowest BCUT2D eigenvalue weighted by atomic mass is 9.97. The molecular formula is C28H27N3O3. The lowest BCUT2D eigenvalue weighted by Crippen LogP contribution is -2.27. The Kier molecular flexibility index (Phi) is 5.87. The highest BCUT2D eigenvalue weighted by Crippen LogP contribution is 2.22. The molecule has 1 atom stereocenters. The van der Waals surface area contributed by atoms with Crippen molar-refractivity contribution in [1.82, 2.24) is 4.98 Å². The van der Waals surface area contributed by atoms with Crippen LogP contribution >= 0.6 is 0 Å². The average molecular weight is 457 g/mol. The first kappa shape index (κ1) is 19.4. The van der Waals surface area contributed by atoms with Crippen LogP contribution in [0.15, 0.2) is 79.1 Å². The van der Waals surface area contributed by atoms with E-state index >= 15 is 0 Å². The number of pyridine rings is 1. The molecule has 3 aromatic carbocycles. The molecule has 172 valence electrons. The molecule has 0 aliphatic rings. The smallest absolute Gasteiger partial charge is 0.338 e. The number of nitrogens with two attached hydrogens (primary N) is 1. The second kappa shape index (κ2) is 10.3. The fourth-order valence-corrected chi connectivity index (χ4v) is 3.65. The predicted octanol–water partition coefficient (Wildman–Crippen LogP) is 4.89. The van der Waals surface area contributed by atoms with Crippen molar-refractivity contribution >= 4 is 28.3 Å². The van der Waals surface area contributed by atoms with Gasteiger partial charge in [-0.25, -0.2) is 4.79 Å². The highest BCUT2D eigenvalue weighted by molar-refractivity contribution is 5.98. The highest BCUT2D eigenvalue weighted by atomic mass is 16.5. The van der Waals surface area contributed by atoms with Crippen molar-refractivity contribution < 1.29 is 18.4 Å². The Morgan fingerprint density at radius 1 is 1.06 bits per heavy atom. The Morgan fingerprint density at radius 3 is 2.59 bits per heavy atom. The molecule has 1 amide bonds. The van der Waals surface area contributed by atoms with E-state index in [0.29, 0.717) is 11.3 Å². The van der Waals surface area contributed by atoms with Crippen molar-refractivity contribution in [2.45, 2.75) is 26.3 Å². The molecule has 0 radical (unpaired) electrons. The van der Waals surface area contributed by atoms with Crippen LogP contribution in [-0.4, -0.2) is 23.4 Å². The van der Waals surface area contributed by atoms with E-state index in [9.17, 15) is 9.59 Å². The minimum absolute atomic E-state index is 0.0669. The van der Waals surface area contributed by atoms with Crippen LogP contribution in [0.3, 0.4) is 0 Å². The number of amides is 1. The average Bonchev–Trinajstić information content (AvgIpc) is 2.87. The fourth-order valence-electron chi connectivity index (χ4n) is 3.65. The van der Waals surface area contributed by atoms with Gasteiger partial charge in [0.15, 0.2) is 0 Å². The summed E-state index contributed by atoms with van der Waals surface area (Å²) in [6.07, 6.45) is 3.37. The number of fused-ring (bicyclic) bond motifs is 1. The van der Waals surface area contributed by atoms with Crippen molar-refractivity contribution in [3.05, 3.63) is 107 Å². The van der Waals surface area contributed by atoms with Gasteiger partial charge >= 0.3 is 5.97 Å². The van der Waals surface area contributed by atoms with E-state index in [1.807, 2.05) is 25.1 Å².